The van der Waals surface area contributed by atoms with E-state index in [-0.39, 0.29) is 11.9 Å². The fourth-order valence-corrected chi connectivity index (χ4v) is 2.44. The summed E-state index contributed by atoms with van der Waals surface area (Å²) in [6.45, 7) is 7.03. The number of hydrogen-bond acceptors (Lipinski definition) is 5. The highest BCUT2D eigenvalue weighted by atomic mass is 16.5. The molecule has 0 aliphatic carbocycles. The van der Waals surface area contributed by atoms with E-state index in [9.17, 15) is 9.59 Å². The maximum atomic E-state index is 11.9. The average Bonchev–Trinajstić information content (AvgIpc) is 2.69. The standard InChI is InChI=1S/C22H32O5/c1-3-5-6-9-18-27-22(24)19-12-14-20(15-13-19)25-16-10-7-8-11-17-26-21(23)4-2/h4,12-15H,2-3,5-11,16-18H2,1H3. The third-order valence-electron chi connectivity index (χ3n) is 4.04. The van der Waals surface area contributed by atoms with Gasteiger partial charge in [-0.1, -0.05) is 32.8 Å². The zero-order valence-electron chi connectivity index (χ0n) is 16.4. The molecular formula is C22H32O5. The Balaban J connectivity index is 2.11. The Morgan fingerprint density at radius 2 is 1.44 bits per heavy atom. The van der Waals surface area contributed by atoms with E-state index in [0.29, 0.717) is 25.4 Å². The molecule has 0 aromatic heterocycles. The van der Waals surface area contributed by atoms with Crippen LogP contribution >= 0.6 is 0 Å². The van der Waals surface area contributed by atoms with Gasteiger partial charge in [-0.2, -0.15) is 0 Å². The summed E-state index contributed by atoms with van der Waals surface area (Å²) in [5, 5.41) is 0. The highest BCUT2D eigenvalue weighted by Gasteiger charge is 2.07. The van der Waals surface area contributed by atoms with Crippen molar-refractivity contribution >= 4 is 11.9 Å². The van der Waals surface area contributed by atoms with E-state index >= 15 is 0 Å². The van der Waals surface area contributed by atoms with Crippen LogP contribution < -0.4 is 4.74 Å². The Hall–Kier alpha value is -2.30. The van der Waals surface area contributed by atoms with Crippen molar-refractivity contribution in [2.45, 2.75) is 58.3 Å². The number of hydrogen-bond donors (Lipinski definition) is 0. The van der Waals surface area contributed by atoms with Crippen molar-refractivity contribution in [3.8, 4) is 5.75 Å². The van der Waals surface area contributed by atoms with Crippen LogP contribution in [-0.4, -0.2) is 31.8 Å². The minimum atomic E-state index is -0.373. The van der Waals surface area contributed by atoms with Gasteiger partial charge in [0.25, 0.3) is 0 Å². The quantitative estimate of drug-likeness (QED) is 0.242. The van der Waals surface area contributed by atoms with Crippen molar-refractivity contribution in [2.75, 3.05) is 19.8 Å². The van der Waals surface area contributed by atoms with Crippen molar-refractivity contribution in [1.82, 2.24) is 0 Å². The van der Waals surface area contributed by atoms with Crippen LogP contribution in [0.4, 0.5) is 0 Å². The van der Waals surface area contributed by atoms with Gasteiger partial charge >= 0.3 is 11.9 Å². The molecule has 0 bridgehead atoms. The van der Waals surface area contributed by atoms with Crippen LogP contribution in [0.15, 0.2) is 36.9 Å². The molecule has 5 nitrogen and oxygen atoms in total. The lowest BCUT2D eigenvalue weighted by Crippen LogP contribution is -2.06. The largest absolute Gasteiger partial charge is 0.494 e. The Morgan fingerprint density at radius 1 is 0.852 bits per heavy atom. The lowest BCUT2D eigenvalue weighted by Gasteiger charge is -2.08. The summed E-state index contributed by atoms with van der Waals surface area (Å²) in [5.41, 5.74) is 0.548. The van der Waals surface area contributed by atoms with Gasteiger partial charge in [0.05, 0.1) is 25.4 Å². The fourth-order valence-electron chi connectivity index (χ4n) is 2.44. The van der Waals surface area contributed by atoms with E-state index in [1.165, 1.54) is 18.9 Å². The first-order valence-electron chi connectivity index (χ1n) is 9.86. The predicted molar refractivity (Wildman–Crippen MR) is 106 cm³/mol. The van der Waals surface area contributed by atoms with Gasteiger partial charge in [-0.15, -0.1) is 0 Å². The maximum absolute atomic E-state index is 11.9. The van der Waals surface area contributed by atoms with Crippen LogP contribution in [0, 0.1) is 0 Å². The van der Waals surface area contributed by atoms with Gasteiger partial charge in [-0.3, -0.25) is 0 Å². The number of unbranched alkanes of at least 4 members (excludes halogenated alkanes) is 6. The summed E-state index contributed by atoms with van der Waals surface area (Å²) < 4.78 is 15.9. The molecule has 0 aliphatic heterocycles. The van der Waals surface area contributed by atoms with E-state index in [2.05, 4.69) is 13.5 Å². The van der Waals surface area contributed by atoms with Crippen molar-refractivity contribution in [1.29, 1.82) is 0 Å². The normalized spacial score (nSPS) is 10.3. The monoisotopic (exact) mass is 376 g/mol. The van der Waals surface area contributed by atoms with Crippen molar-refractivity contribution < 1.29 is 23.8 Å². The fraction of sp³-hybridized carbons (Fsp3) is 0.545. The summed E-state index contributed by atoms with van der Waals surface area (Å²) in [7, 11) is 0. The molecule has 0 atom stereocenters. The lowest BCUT2D eigenvalue weighted by molar-refractivity contribution is -0.137. The predicted octanol–water partition coefficient (Wildman–Crippen LogP) is 5.09. The first kappa shape index (κ1) is 22.7. The average molecular weight is 376 g/mol. The van der Waals surface area contributed by atoms with Gasteiger partial charge in [0, 0.05) is 6.08 Å². The Labute approximate surface area is 162 Å². The van der Waals surface area contributed by atoms with Crippen LogP contribution in [0.2, 0.25) is 0 Å². The Kier molecular flexibility index (Phi) is 12.5. The molecule has 0 fully saturated rings. The molecule has 0 amide bonds. The second-order valence-corrected chi connectivity index (χ2v) is 6.36. The molecule has 27 heavy (non-hydrogen) atoms. The number of carbonyl (C=O) groups excluding carboxylic acids is 2. The van der Waals surface area contributed by atoms with Gasteiger partial charge in [-0.25, -0.2) is 9.59 Å². The molecule has 0 N–H and O–H groups in total. The molecule has 0 unspecified atom stereocenters. The molecule has 0 heterocycles. The summed E-state index contributed by atoms with van der Waals surface area (Å²) in [4.78, 5) is 22.8. The number of benzene rings is 1. The highest BCUT2D eigenvalue weighted by molar-refractivity contribution is 5.89. The minimum Gasteiger partial charge on any atom is -0.494 e. The number of ether oxygens (including phenoxy) is 3. The summed E-state index contributed by atoms with van der Waals surface area (Å²) in [6, 6.07) is 7.06. The molecule has 150 valence electrons. The zero-order valence-corrected chi connectivity index (χ0v) is 16.4. The Bertz CT molecular complexity index is 550. The SMILES string of the molecule is C=CC(=O)OCCCCCCOc1ccc(C(=O)OCCCCCC)cc1. The first-order chi connectivity index (χ1) is 13.2. The van der Waals surface area contributed by atoms with Gasteiger partial charge < -0.3 is 14.2 Å². The molecule has 0 spiro atoms. The van der Waals surface area contributed by atoms with E-state index in [4.69, 9.17) is 14.2 Å². The number of carbonyl (C=O) groups is 2. The third-order valence-corrected chi connectivity index (χ3v) is 4.04. The van der Waals surface area contributed by atoms with Crippen LogP contribution in [0.1, 0.15) is 68.6 Å². The number of rotatable bonds is 15. The topological polar surface area (TPSA) is 61.8 Å². The molecule has 0 saturated carbocycles. The highest BCUT2D eigenvalue weighted by Crippen LogP contribution is 2.14. The van der Waals surface area contributed by atoms with E-state index < -0.39 is 0 Å². The van der Waals surface area contributed by atoms with Crippen LogP contribution in [-0.2, 0) is 14.3 Å². The second kappa shape index (κ2) is 14.8. The minimum absolute atomic E-state index is 0.282. The smallest absolute Gasteiger partial charge is 0.338 e. The van der Waals surface area contributed by atoms with Crippen LogP contribution in [0.5, 0.6) is 5.75 Å². The summed E-state index contributed by atoms with van der Waals surface area (Å²) >= 11 is 0. The van der Waals surface area contributed by atoms with Gasteiger partial charge in [0.1, 0.15) is 5.75 Å². The maximum Gasteiger partial charge on any atom is 0.338 e. The third kappa shape index (κ3) is 11.1. The molecule has 0 saturated heterocycles. The van der Waals surface area contributed by atoms with Crippen molar-refractivity contribution in [3.05, 3.63) is 42.5 Å². The molecular weight excluding hydrogens is 344 g/mol. The van der Waals surface area contributed by atoms with E-state index in [1.807, 2.05) is 0 Å². The van der Waals surface area contributed by atoms with Gasteiger partial charge in [0.2, 0.25) is 0 Å². The molecule has 1 rings (SSSR count). The van der Waals surface area contributed by atoms with Crippen LogP contribution in [0.3, 0.4) is 0 Å². The van der Waals surface area contributed by atoms with Crippen molar-refractivity contribution in [3.63, 3.8) is 0 Å². The lowest BCUT2D eigenvalue weighted by atomic mass is 10.2. The molecule has 5 heteroatoms. The van der Waals surface area contributed by atoms with Crippen LogP contribution in [0.25, 0.3) is 0 Å². The van der Waals surface area contributed by atoms with E-state index in [1.54, 1.807) is 24.3 Å². The zero-order chi connectivity index (χ0) is 19.7. The molecule has 0 aliphatic rings. The molecule has 0 radical (unpaired) electrons. The summed E-state index contributed by atoms with van der Waals surface area (Å²) in [6.07, 6.45) is 9.28. The Morgan fingerprint density at radius 3 is 2.07 bits per heavy atom. The van der Waals surface area contributed by atoms with E-state index in [0.717, 1.165) is 44.3 Å². The molecule has 1 aromatic carbocycles. The molecule has 1 aromatic rings. The van der Waals surface area contributed by atoms with Crippen molar-refractivity contribution in [2.24, 2.45) is 0 Å². The van der Waals surface area contributed by atoms with Gasteiger partial charge in [0.15, 0.2) is 0 Å². The van der Waals surface area contributed by atoms with Gasteiger partial charge in [-0.05, 0) is 56.4 Å². The summed E-state index contributed by atoms with van der Waals surface area (Å²) in [5.74, 6) is 0.0896. The number of esters is 2. The first-order valence-corrected chi connectivity index (χ1v) is 9.86. The second-order valence-electron chi connectivity index (χ2n) is 6.36.